The molecule has 2 rings (SSSR count). The van der Waals surface area contributed by atoms with E-state index in [1.165, 1.54) is 24.3 Å². The second-order valence-electron chi connectivity index (χ2n) is 5.64. The fourth-order valence-corrected chi connectivity index (χ4v) is 4.23. The number of thioether (sulfide) groups is 1. The first-order chi connectivity index (χ1) is 9.64. The minimum atomic E-state index is -0.332. The number of nitrogens with one attached hydrogen (secondary N) is 1. The van der Waals surface area contributed by atoms with Gasteiger partial charge in [0.1, 0.15) is 0 Å². The van der Waals surface area contributed by atoms with Crippen molar-refractivity contribution in [3.05, 3.63) is 35.9 Å². The maximum Gasteiger partial charge on any atom is 0.220 e. The summed E-state index contributed by atoms with van der Waals surface area (Å²) in [5, 5.41) is 3.93. The van der Waals surface area contributed by atoms with E-state index < -0.39 is 0 Å². The SMILES string of the molecule is CC(CBr)(NC(=O)CC1CCSCC1)c1ccccc1. The van der Waals surface area contributed by atoms with Gasteiger partial charge in [-0.1, -0.05) is 46.3 Å². The molecule has 4 heteroatoms. The Morgan fingerprint density at radius 1 is 1.35 bits per heavy atom. The third-order valence-corrected chi connectivity index (χ3v) is 6.08. The van der Waals surface area contributed by atoms with Crippen LogP contribution in [-0.4, -0.2) is 22.7 Å². The Kier molecular flexibility index (Phi) is 5.97. The van der Waals surface area contributed by atoms with Crippen molar-refractivity contribution < 1.29 is 4.79 Å². The topological polar surface area (TPSA) is 29.1 Å². The molecule has 0 aromatic heterocycles. The van der Waals surface area contributed by atoms with Gasteiger partial charge in [0.25, 0.3) is 0 Å². The summed E-state index contributed by atoms with van der Waals surface area (Å²) in [7, 11) is 0. The van der Waals surface area contributed by atoms with Gasteiger partial charge in [0.15, 0.2) is 0 Å². The van der Waals surface area contributed by atoms with Crippen LogP contribution in [0.1, 0.15) is 31.7 Å². The van der Waals surface area contributed by atoms with Crippen LogP contribution in [0, 0.1) is 5.92 Å². The summed E-state index contributed by atoms with van der Waals surface area (Å²) in [6.45, 7) is 2.08. The minimum Gasteiger partial charge on any atom is -0.346 e. The van der Waals surface area contributed by atoms with Crippen LogP contribution in [-0.2, 0) is 10.3 Å². The van der Waals surface area contributed by atoms with E-state index in [1.54, 1.807) is 0 Å². The van der Waals surface area contributed by atoms with E-state index in [-0.39, 0.29) is 11.4 Å². The molecule has 1 heterocycles. The number of carbonyl (C=O) groups excluding carboxylic acids is 1. The number of alkyl halides is 1. The first kappa shape index (κ1) is 15.9. The molecule has 0 bridgehead atoms. The second-order valence-corrected chi connectivity index (χ2v) is 7.43. The second kappa shape index (κ2) is 7.51. The van der Waals surface area contributed by atoms with E-state index in [2.05, 4.69) is 40.3 Å². The molecule has 20 heavy (non-hydrogen) atoms. The Morgan fingerprint density at radius 2 is 2.00 bits per heavy atom. The van der Waals surface area contributed by atoms with Gasteiger partial charge in [-0.3, -0.25) is 4.79 Å². The molecule has 1 aliphatic rings. The van der Waals surface area contributed by atoms with Gasteiger partial charge in [-0.15, -0.1) is 0 Å². The monoisotopic (exact) mass is 355 g/mol. The third-order valence-electron chi connectivity index (χ3n) is 3.91. The van der Waals surface area contributed by atoms with Gasteiger partial charge in [-0.05, 0) is 42.8 Å². The summed E-state index contributed by atoms with van der Waals surface area (Å²) < 4.78 is 0. The summed E-state index contributed by atoms with van der Waals surface area (Å²) in [6, 6.07) is 10.2. The van der Waals surface area contributed by atoms with Crippen LogP contribution in [0.3, 0.4) is 0 Å². The van der Waals surface area contributed by atoms with Crippen molar-refractivity contribution in [1.82, 2.24) is 5.32 Å². The standard InChI is InChI=1S/C16H22BrNOS/c1-16(12-17,14-5-3-2-4-6-14)18-15(19)11-13-7-9-20-10-8-13/h2-6,13H,7-12H2,1H3,(H,18,19). The molecular weight excluding hydrogens is 334 g/mol. The Morgan fingerprint density at radius 3 is 2.60 bits per heavy atom. The lowest BCUT2D eigenvalue weighted by atomic mass is 9.92. The summed E-state index contributed by atoms with van der Waals surface area (Å²) in [6.07, 6.45) is 3.01. The Balaban J connectivity index is 1.96. The predicted molar refractivity (Wildman–Crippen MR) is 90.4 cm³/mol. The third kappa shape index (κ3) is 4.26. The molecule has 1 aromatic rings. The van der Waals surface area contributed by atoms with Crippen LogP contribution in [0.5, 0.6) is 0 Å². The van der Waals surface area contributed by atoms with Crippen molar-refractivity contribution >= 4 is 33.6 Å². The predicted octanol–water partition coefficient (Wildman–Crippen LogP) is 3.95. The molecule has 1 aromatic carbocycles. The molecule has 1 fully saturated rings. The van der Waals surface area contributed by atoms with E-state index in [4.69, 9.17) is 0 Å². The van der Waals surface area contributed by atoms with Crippen LogP contribution in [0.15, 0.2) is 30.3 Å². The van der Waals surface area contributed by atoms with Crippen molar-refractivity contribution in [2.75, 3.05) is 16.8 Å². The van der Waals surface area contributed by atoms with Gasteiger partial charge in [-0.25, -0.2) is 0 Å². The van der Waals surface area contributed by atoms with Gasteiger partial charge in [-0.2, -0.15) is 11.8 Å². The number of hydrogen-bond acceptors (Lipinski definition) is 2. The zero-order chi connectivity index (χ0) is 14.4. The van der Waals surface area contributed by atoms with Crippen molar-refractivity contribution in [3.63, 3.8) is 0 Å². The Labute approximate surface area is 134 Å². The van der Waals surface area contributed by atoms with Crippen LogP contribution in [0.25, 0.3) is 0 Å². The largest absolute Gasteiger partial charge is 0.346 e. The van der Waals surface area contributed by atoms with Gasteiger partial charge < -0.3 is 5.32 Å². The van der Waals surface area contributed by atoms with Gasteiger partial charge >= 0.3 is 0 Å². The van der Waals surface area contributed by atoms with Crippen LogP contribution in [0.2, 0.25) is 0 Å². The quantitative estimate of drug-likeness (QED) is 0.810. The molecule has 1 N–H and O–H groups in total. The highest BCUT2D eigenvalue weighted by Gasteiger charge is 2.28. The molecule has 0 aliphatic carbocycles. The molecule has 1 aliphatic heterocycles. The van der Waals surface area contributed by atoms with Crippen molar-refractivity contribution in [1.29, 1.82) is 0 Å². The van der Waals surface area contributed by atoms with E-state index in [9.17, 15) is 4.79 Å². The lowest BCUT2D eigenvalue weighted by Crippen LogP contribution is -2.45. The molecule has 1 amide bonds. The van der Waals surface area contributed by atoms with Gasteiger partial charge in [0.05, 0.1) is 5.54 Å². The first-order valence-corrected chi connectivity index (χ1v) is 9.42. The summed E-state index contributed by atoms with van der Waals surface area (Å²) in [5.41, 5.74) is 0.811. The maximum atomic E-state index is 12.3. The zero-order valence-electron chi connectivity index (χ0n) is 11.9. The minimum absolute atomic E-state index is 0.174. The molecule has 1 unspecified atom stereocenters. The van der Waals surface area contributed by atoms with Crippen LogP contribution in [0.4, 0.5) is 0 Å². The van der Waals surface area contributed by atoms with Crippen molar-refractivity contribution in [2.24, 2.45) is 5.92 Å². The highest BCUT2D eigenvalue weighted by Crippen LogP contribution is 2.27. The molecule has 2 nitrogen and oxygen atoms in total. The lowest BCUT2D eigenvalue weighted by Gasteiger charge is -2.31. The van der Waals surface area contributed by atoms with Gasteiger partial charge in [0.2, 0.25) is 5.91 Å². The molecule has 1 saturated heterocycles. The van der Waals surface area contributed by atoms with E-state index in [0.29, 0.717) is 12.3 Å². The highest BCUT2D eigenvalue weighted by molar-refractivity contribution is 9.09. The summed E-state index contributed by atoms with van der Waals surface area (Å²) in [5.74, 6) is 3.14. The summed E-state index contributed by atoms with van der Waals surface area (Å²) >= 11 is 5.55. The van der Waals surface area contributed by atoms with Crippen molar-refractivity contribution in [2.45, 2.75) is 31.7 Å². The molecular formula is C16H22BrNOS. The molecule has 0 spiro atoms. The average Bonchev–Trinajstić information content (AvgIpc) is 2.49. The zero-order valence-corrected chi connectivity index (χ0v) is 14.3. The van der Waals surface area contributed by atoms with Gasteiger partial charge in [0, 0.05) is 11.8 Å². The van der Waals surface area contributed by atoms with Crippen molar-refractivity contribution in [3.8, 4) is 0 Å². The first-order valence-electron chi connectivity index (χ1n) is 7.14. The number of amides is 1. The number of rotatable bonds is 5. The van der Waals surface area contributed by atoms with E-state index in [1.807, 2.05) is 30.0 Å². The molecule has 110 valence electrons. The Hall–Kier alpha value is -0.480. The number of halogens is 1. The Bertz CT molecular complexity index is 433. The fraction of sp³-hybridized carbons (Fsp3) is 0.562. The molecule has 0 saturated carbocycles. The van der Waals surface area contributed by atoms with Crippen LogP contribution < -0.4 is 5.32 Å². The lowest BCUT2D eigenvalue weighted by molar-refractivity contribution is -0.123. The van der Waals surface area contributed by atoms with E-state index in [0.717, 1.165) is 10.9 Å². The number of hydrogen-bond donors (Lipinski definition) is 1. The normalized spacial score (nSPS) is 19.3. The average molecular weight is 356 g/mol. The highest BCUT2D eigenvalue weighted by atomic mass is 79.9. The number of benzene rings is 1. The molecule has 0 radical (unpaired) electrons. The molecule has 1 atom stereocenters. The maximum absolute atomic E-state index is 12.3. The van der Waals surface area contributed by atoms with Crippen LogP contribution >= 0.6 is 27.7 Å². The summed E-state index contributed by atoms with van der Waals surface area (Å²) in [4.78, 5) is 12.3. The number of carbonyl (C=O) groups is 1. The smallest absolute Gasteiger partial charge is 0.220 e. The fourth-order valence-electron chi connectivity index (χ4n) is 2.56. The van der Waals surface area contributed by atoms with E-state index >= 15 is 0 Å².